The van der Waals surface area contributed by atoms with E-state index in [0.29, 0.717) is 6.66 Å². The van der Waals surface area contributed by atoms with Crippen LogP contribution in [0.2, 0.25) is 0 Å². The number of phosphoric acid groups is 2. The fourth-order valence-electron chi connectivity index (χ4n) is 1.15. The maximum atomic E-state index is 11.5. The maximum absolute atomic E-state index is 11.5. The molecule has 0 radical (unpaired) electrons. The number of hydrogen-bond acceptors (Lipinski definition) is 7. The second kappa shape index (κ2) is 8.31. The van der Waals surface area contributed by atoms with Crippen LogP contribution in [0.3, 0.4) is 0 Å². The van der Waals surface area contributed by atoms with Crippen molar-refractivity contribution in [3.8, 4) is 0 Å². The summed E-state index contributed by atoms with van der Waals surface area (Å²) in [6.45, 7) is 5.58. The SMILES string of the molecule is CC[C@H](C)O[C@@H](C)COP(=O)(O)OP(C)(=O)OP(=O)(O)O. The second-order valence-corrected chi connectivity index (χ2v) is 9.38. The van der Waals surface area contributed by atoms with Gasteiger partial charge in [-0.3, -0.25) is 9.09 Å². The average molecular weight is 370 g/mol. The van der Waals surface area contributed by atoms with Gasteiger partial charge < -0.3 is 19.4 Å². The summed E-state index contributed by atoms with van der Waals surface area (Å²) in [5.74, 6) is 0. The Morgan fingerprint density at radius 2 is 1.52 bits per heavy atom. The molecular formula is C8H21O10P3. The zero-order valence-electron chi connectivity index (χ0n) is 12.1. The van der Waals surface area contributed by atoms with Crippen LogP contribution >= 0.6 is 23.2 Å². The van der Waals surface area contributed by atoms with Crippen LogP contribution in [0.25, 0.3) is 0 Å². The van der Waals surface area contributed by atoms with Crippen molar-refractivity contribution in [3.05, 3.63) is 0 Å². The molecule has 0 aliphatic heterocycles. The Labute approximate surface area is 123 Å². The van der Waals surface area contributed by atoms with Crippen LogP contribution in [0.5, 0.6) is 0 Å². The molecule has 0 saturated heterocycles. The van der Waals surface area contributed by atoms with Gasteiger partial charge in [-0.25, -0.2) is 17.8 Å². The summed E-state index contributed by atoms with van der Waals surface area (Å²) in [5, 5.41) is 0. The van der Waals surface area contributed by atoms with Crippen LogP contribution in [-0.2, 0) is 31.6 Å². The van der Waals surface area contributed by atoms with Crippen molar-refractivity contribution in [1.29, 1.82) is 0 Å². The van der Waals surface area contributed by atoms with E-state index in [2.05, 4.69) is 13.1 Å². The Bertz CT molecular complexity index is 459. The lowest BCUT2D eigenvalue weighted by molar-refractivity contribution is -0.0211. The molecule has 21 heavy (non-hydrogen) atoms. The Morgan fingerprint density at radius 3 is 1.95 bits per heavy atom. The average Bonchev–Trinajstić information content (AvgIpc) is 2.21. The topological polar surface area (TPSA) is 149 Å². The lowest BCUT2D eigenvalue weighted by Crippen LogP contribution is -2.21. The standard InChI is InChI=1S/C8H21O10P3/c1-5-7(2)16-8(3)6-15-21(13,14)18-19(4,9)17-20(10,11)12/h7-8H,5-6H2,1-4H3,(H,13,14)(H2,10,11,12)/t7-,8-,19?/m0/s1. The normalized spacial score (nSPS) is 21.3. The van der Waals surface area contributed by atoms with E-state index in [1.807, 2.05) is 6.92 Å². The van der Waals surface area contributed by atoms with Gasteiger partial charge in [0.05, 0.1) is 18.8 Å². The molecule has 0 amide bonds. The molecule has 0 saturated carbocycles. The monoisotopic (exact) mass is 370 g/mol. The molecule has 128 valence electrons. The van der Waals surface area contributed by atoms with Crippen LogP contribution < -0.4 is 0 Å². The van der Waals surface area contributed by atoms with Crippen LogP contribution in [0.15, 0.2) is 0 Å². The van der Waals surface area contributed by atoms with E-state index < -0.39 is 29.3 Å². The first-order valence-corrected chi connectivity index (χ1v) is 11.0. The van der Waals surface area contributed by atoms with E-state index in [9.17, 15) is 18.6 Å². The third kappa shape index (κ3) is 11.6. The molecule has 0 aliphatic rings. The van der Waals surface area contributed by atoms with Gasteiger partial charge in [0.25, 0.3) is 0 Å². The van der Waals surface area contributed by atoms with Gasteiger partial charge >= 0.3 is 23.2 Å². The largest absolute Gasteiger partial charge is 0.479 e. The van der Waals surface area contributed by atoms with E-state index in [-0.39, 0.29) is 12.7 Å². The van der Waals surface area contributed by atoms with Crippen molar-refractivity contribution in [2.24, 2.45) is 0 Å². The van der Waals surface area contributed by atoms with E-state index in [4.69, 9.17) is 14.5 Å². The molecule has 0 aromatic heterocycles. The van der Waals surface area contributed by atoms with Crippen molar-refractivity contribution >= 4 is 23.2 Å². The maximum Gasteiger partial charge on any atom is 0.479 e. The minimum absolute atomic E-state index is 0.0853. The number of rotatable bonds is 10. The second-order valence-electron chi connectivity index (χ2n) is 4.36. The fraction of sp³-hybridized carbons (Fsp3) is 1.00. The molecule has 13 heteroatoms. The van der Waals surface area contributed by atoms with Gasteiger partial charge in [-0.05, 0) is 20.3 Å². The van der Waals surface area contributed by atoms with E-state index in [1.165, 1.54) is 0 Å². The van der Waals surface area contributed by atoms with Gasteiger partial charge in [-0.2, -0.15) is 0 Å². The van der Waals surface area contributed by atoms with Crippen LogP contribution in [0, 0.1) is 0 Å². The summed E-state index contributed by atoms with van der Waals surface area (Å²) in [5.41, 5.74) is 0. The van der Waals surface area contributed by atoms with Crippen LogP contribution in [0.4, 0.5) is 0 Å². The lowest BCUT2D eigenvalue weighted by atomic mass is 10.3. The molecule has 0 heterocycles. The smallest absolute Gasteiger partial charge is 0.373 e. The molecule has 10 nitrogen and oxygen atoms in total. The summed E-state index contributed by atoms with van der Waals surface area (Å²) in [6, 6.07) is 0. The van der Waals surface area contributed by atoms with E-state index in [0.717, 1.165) is 6.42 Å². The third-order valence-electron chi connectivity index (χ3n) is 2.02. The van der Waals surface area contributed by atoms with Crippen LogP contribution in [-0.4, -0.2) is 40.2 Å². The van der Waals surface area contributed by atoms with E-state index in [1.54, 1.807) is 13.8 Å². The molecule has 3 N–H and O–H groups in total. The summed E-state index contributed by atoms with van der Waals surface area (Å²) < 4.78 is 51.5. The number of phosphoric ester groups is 1. The Hall–Kier alpha value is 0.410. The van der Waals surface area contributed by atoms with Crippen molar-refractivity contribution in [3.63, 3.8) is 0 Å². The third-order valence-corrected chi connectivity index (χ3v) is 6.54. The molecule has 4 atom stereocenters. The fourth-order valence-corrected chi connectivity index (χ4v) is 5.17. The highest BCUT2D eigenvalue weighted by Gasteiger charge is 2.37. The van der Waals surface area contributed by atoms with Gasteiger partial charge in [-0.1, -0.05) is 6.92 Å². The summed E-state index contributed by atoms with van der Waals surface area (Å²) in [6.07, 6.45) is 0.110. The van der Waals surface area contributed by atoms with E-state index >= 15 is 0 Å². The van der Waals surface area contributed by atoms with Crippen molar-refractivity contribution in [1.82, 2.24) is 0 Å². The molecule has 0 aromatic rings. The van der Waals surface area contributed by atoms with Crippen molar-refractivity contribution < 1.29 is 46.3 Å². The number of hydrogen-bond donors (Lipinski definition) is 3. The molecule has 0 spiro atoms. The first-order valence-electron chi connectivity index (χ1n) is 5.95. The summed E-state index contributed by atoms with van der Waals surface area (Å²) in [7, 11) is -14.4. The quantitative estimate of drug-likeness (QED) is 0.489. The minimum atomic E-state index is -5.13. The van der Waals surface area contributed by atoms with Gasteiger partial charge in [0.2, 0.25) is 0 Å². The summed E-state index contributed by atoms with van der Waals surface area (Å²) >= 11 is 0. The van der Waals surface area contributed by atoms with Gasteiger partial charge in [0, 0.05) is 6.66 Å². The van der Waals surface area contributed by atoms with Gasteiger partial charge in [-0.15, -0.1) is 0 Å². The Kier molecular flexibility index (Phi) is 8.48. The molecule has 2 unspecified atom stereocenters. The lowest BCUT2D eigenvalue weighted by Gasteiger charge is -2.21. The predicted molar refractivity (Wildman–Crippen MR) is 73.8 cm³/mol. The minimum Gasteiger partial charge on any atom is -0.373 e. The molecular weight excluding hydrogens is 349 g/mol. The Balaban J connectivity index is 4.47. The number of ether oxygens (including phenoxy) is 1. The molecule has 0 aliphatic carbocycles. The Morgan fingerprint density at radius 1 is 1.00 bits per heavy atom. The van der Waals surface area contributed by atoms with Gasteiger partial charge in [0.15, 0.2) is 0 Å². The predicted octanol–water partition coefficient (Wildman–Crippen LogP) is 2.26. The molecule has 0 rings (SSSR count). The molecule has 0 bridgehead atoms. The first-order chi connectivity index (χ1) is 9.26. The zero-order chi connectivity index (χ0) is 16.9. The molecule has 0 fully saturated rings. The zero-order valence-corrected chi connectivity index (χ0v) is 14.8. The first kappa shape index (κ1) is 21.4. The highest BCUT2D eigenvalue weighted by atomic mass is 31.3. The van der Waals surface area contributed by atoms with Crippen LogP contribution in [0.1, 0.15) is 27.2 Å². The highest BCUT2D eigenvalue weighted by Crippen LogP contribution is 2.66. The summed E-state index contributed by atoms with van der Waals surface area (Å²) in [4.78, 5) is 26.3. The highest BCUT2D eigenvalue weighted by molar-refractivity contribution is 7.69. The molecule has 0 aromatic carbocycles. The van der Waals surface area contributed by atoms with Gasteiger partial charge in [0.1, 0.15) is 0 Å². The van der Waals surface area contributed by atoms with Crippen molar-refractivity contribution in [2.45, 2.75) is 39.4 Å². The van der Waals surface area contributed by atoms with Crippen molar-refractivity contribution in [2.75, 3.05) is 13.3 Å².